The van der Waals surface area contributed by atoms with Crippen LogP contribution in [0.15, 0.2) is 0 Å². The maximum atomic E-state index is 11.3. The number of amides is 1. The van der Waals surface area contributed by atoms with Crippen molar-refractivity contribution in [3.05, 3.63) is 0 Å². The van der Waals surface area contributed by atoms with Gasteiger partial charge in [-0.1, -0.05) is 5.92 Å². The molecule has 0 saturated carbocycles. The van der Waals surface area contributed by atoms with Crippen molar-refractivity contribution in [1.29, 1.82) is 0 Å². The van der Waals surface area contributed by atoms with Gasteiger partial charge in [-0.05, 0) is 6.92 Å². The lowest BCUT2D eigenvalue weighted by atomic mass is 10.3. The van der Waals surface area contributed by atoms with Crippen molar-refractivity contribution in [1.82, 2.24) is 9.80 Å². The Labute approximate surface area is 84.8 Å². The zero-order valence-corrected chi connectivity index (χ0v) is 8.53. The summed E-state index contributed by atoms with van der Waals surface area (Å²) in [5.74, 6) is 2.60. The first kappa shape index (κ1) is 10.9. The Kier molecular flexibility index (Phi) is 4.27. The van der Waals surface area contributed by atoms with Crippen molar-refractivity contribution in [2.75, 3.05) is 39.3 Å². The van der Waals surface area contributed by atoms with Gasteiger partial charge >= 0.3 is 6.09 Å². The fraction of sp³-hybridized carbons (Fsp3) is 0.700. The van der Waals surface area contributed by atoms with E-state index in [-0.39, 0.29) is 6.09 Å². The third kappa shape index (κ3) is 2.93. The Morgan fingerprint density at radius 3 is 2.57 bits per heavy atom. The molecule has 1 amide bonds. The van der Waals surface area contributed by atoms with Gasteiger partial charge < -0.3 is 9.64 Å². The van der Waals surface area contributed by atoms with E-state index in [1.54, 1.807) is 4.90 Å². The summed E-state index contributed by atoms with van der Waals surface area (Å²) in [4.78, 5) is 15.2. The van der Waals surface area contributed by atoms with Gasteiger partial charge in [0, 0.05) is 26.2 Å². The quantitative estimate of drug-likeness (QED) is 0.599. The summed E-state index contributed by atoms with van der Waals surface area (Å²) in [6.45, 7) is 6.00. The van der Waals surface area contributed by atoms with Crippen LogP contribution in [0.2, 0.25) is 0 Å². The van der Waals surface area contributed by atoms with E-state index in [0.29, 0.717) is 26.2 Å². The van der Waals surface area contributed by atoms with E-state index >= 15 is 0 Å². The average molecular weight is 196 g/mol. The second kappa shape index (κ2) is 5.51. The van der Waals surface area contributed by atoms with E-state index in [9.17, 15) is 4.79 Å². The molecule has 0 aromatic rings. The van der Waals surface area contributed by atoms with Gasteiger partial charge in [-0.2, -0.15) is 0 Å². The van der Waals surface area contributed by atoms with Crippen LogP contribution in [0.4, 0.5) is 4.79 Å². The molecule has 0 radical (unpaired) electrons. The van der Waals surface area contributed by atoms with Crippen molar-refractivity contribution >= 4 is 6.09 Å². The summed E-state index contributed by atoms with van der Waals surface area (Å²) >= 11 is 0. The predicted molar refractivity (Wildman–Crippen MR) is 53.9 cm³/mol. The highest BCUT2D eigenvalue weighted by atomic mass is 16.6. The molecule has 4 heteroatoms. The second-order valence-electron chi connectivity index (χ2n) is 3.17. The van der Waals surface area contributed by atoms with E-state index in [2.05, 4.69) is 10.8 Å². The Bertz CT molecular complexity index is 227. The number of hydrogen-bond donors (Lipinski definition) is 0. The fourth-order valence-corrected chi connectivity index (χ4v) is 1.43. The normalized spacial score (nSPS) is 17.6. The lowest BCUT2D eigenvalue weighted by molar-refractivity contribution is 0.0829. The van der Waals surface area contributed by atoms with E-state index in [4.69, 9.17) is 11.2 Å². The van der Waals surface area contributed by atoms with Crippen LogP contribution >= 0.6 is 0 Å². The SMILES string of the molecule is C#CCN1CCN(C(=O)OCC)CC1. The Balaban J connectivity index is 2.28. The lowest BCUT2D eigenvalue weighted by Gasteiger charge is -2.32. The Morgan fingerprint density at radius 1 is 1.43 bits per heavy atom. The van der Waals surface area contributed by atoms with E-state index in [1.165, 1.54) is 0 Å². The Hall–Kier alpha value is -1.21. The molecule has 0 N–H and O–H groups in total. The summed E-state index contributed by atoms with van der Waals surface area (Å²) in [7, 11) is 0. The van der Waals surface area contributed by atoms with Crippen LogP contribution in [0.3, 0.4) is 0 Å². The highest BCUT2D eigenvalue weighted by Crippen LogP contribution is 2.02. The van der Waals surface area contributed by atoms with Crippen LogP contribution in [0.1, 0.15) is 6.92 Å². The first-order chi connectivity index (χ1) is 6.77. The summed E-state index contributed by atoms with van der Waals surface area (Å²) < 4.78 is 4.90. The molecular weight excluding hydrogens is 180 g/mol. The average Bonchev–Trinajstić information content (AvgIpc) is 2.20. The lowest BCUT2D eigenvalue weighted by Crippen LogP contribution is -2.48. The van der Waals surface area contributed by atoms with Crippen molar-refractivity contribution in [2.24, 2.45) is 0 Å². The monoisotopic (exact) mass is 196 g/mol. The molecule has 1 heterocycles. The van der Waals surface area contributed by atoms with Gasteiger partial charge in [-0.3, -0.25) is 4.90 Å². The fourth-order valence-electron chi connectivity index (χ4n) is 1.43. The van der Waals surface area contributed by atoms with Gasteiger partial charge in [-0.15, -0.1) is 6.42 Å². The van der Waals surface area contributed by atoms with Crippen LogP contribution in [-0.2, 0) is 4.74 Å². The van der Waals surface area contributed by atoms with Crippen LogP contribution < -0.4 is 0 Å². The molecule has 4 nitrogen and oxygen atoms in total. The van der Waals surface area contributed by atoms with Gasteiger partial charge in [0.25, 0.3) is 0 Å². The van der Waals surface area contributed by atoms with E-state index < -0.39 is 0 Å². The number of rotatable bonds is 2. The minimum absolute atomic E-state index is 0.215. The number of nitrogens with zero attached hydrogens (tertiary/aromatic N) is 2. The smallest absolute Gasteiger partial charge is 0.409 e. The molecule has 1 fully saturated rings. The summed E-state index contributed by atoms with van der Waals surface area (Å²) in [6.07, 6.45) is 4.99. The topological polar surface area (TPSA) is 32.8 Å². The summed E-state index contributed by atoms with van der Waals surface area (Å²) in [6, 6.07) is 0. The van der Waals surface area contributed by atoms with Crippen molar-refractivity contribution in [2.45, 2.75) is 6.92 Å². The molecule has 1 saturated heterocycles. The number of hydrogen-bond acceptors (Lipinski definition) is 3. The molecule has 0 aliphatic carbocycles. The zero-order chi connectivity index (χ0) is 10.4. The first-order valence-corrected chi connectivity index (χ1v) is 4.85. The Morgan fingerprint density at radius 2 is 2.07 bits per heavy atom. The molecule has 78 valence electrons. The largest absolute Gasteiger partial charge is 0.450 e. The number of piperazine rings is 1. The van der Waals surface area contributed by atoms with Crippen LogP contribution in [-0.4, -0.2) is 55.2 Å². The maximum Gasteiger partial charge on any atom is 0.409 e. The van der Waals surface area contributed by atoms with Crippen molar-refractivity contribution in [3.63, 3.8) is 0 Å². The van der Waals surface area contributed by atoms with Crippen LogP contribution in [0, 0.1) is 12.3 Å². The highest BCUT2D eigenvalue weighted by Gasteiger charge is 2.20. The van der Waals surface area contributed by atoms with Gasteiger partial charge in [0.15, 0.2) is 0 Å². The predicted octanol–water partition coefficient (Wildman–Crippen LogP) is 0.394. The second-order valence-corrected chi connectivity index (χ2v) is 3.17. The molecule has 0 aromatic carbocycles. The molecule has 14 heavy (non-hydrogen) atoms. The number of terminal acetylenes is 1. The van der Waals surface area contributed by atoms with Crippen LogP contribution in [0.5, 0.6) is 0 Å². The molecular formula is C10H16N2O2. The number of carbonyl (C=O) groups excluding carboxylic acids is 1. The minimum atomic E-state index is -0.215. The number of ether oxygens (including phenoxy) is 1. The molecule has 0 unspecified atom stereocenters. The molecule has 0 aromatic heterocycles. The summed E-state index contributed by atoms with van der Waals surface area (Å²) in [5, 5.41) is 0. The standard InChI is InChI=1S/C10H16N2O2/c1-3-5-11-6-8-12(9-7-11)10(13)14-4-2/h1H,4-9H2,2H3. The zero-order valence-electron chi connectivity index (χ0n) is 8.53. The maximum absolute atomic E-state index is 11.3. The molecule has 1 aliphatic rings. The molecule has 0 bridgehead atoms. The van der Waals surface area contributed by atoms with Crippen molar-refractivity contribution < 1.29 is 9.53 Å². The highest BCUT2D eigenvalue weighted by molar-refractivity contribution is 5.67. The van der Waals surface area contributed by atoms with Gasteiger partial charge in [0.1, 0.15) is 0 Å². The third-order valence-electron chi connectivity index (χ3n) is 2.21. The molecule has 1 aliphatic heterocycles. The van der Waals surface area contributed by atoms with Crippen molar-refractivity contribution in [3.8, 4) is 12.3 Å². The third-order valence-corrected chi connectivity index (χ3v) is 2.21. The minimum Gasteiger partial charge on any atom is -0.450 e. The first-order valence-electron chi connectivity index (χ1n) is 4.85. The van der Waals surface area contributed by atoms with E-state index in [0.717, 1.165) is 13.1 Å². The van der Waals surface area contributed by atoms with Crippen LogP contribution in [0.25, 0.3) is 0 Å². The van der Waals surface area contributed by atoms with Gasteiger partial charge in [0.05, 0.1) is 13.2 Å². The molecule has 0 spiro atoms. The molecule has 1 rings (SSSR count). The van der Waals surface area contributed by atoms with E-state index in [1.807, 2.05) is 6.92 Å². The molecule has 0 atom stereocenters. The number of carbonyl (C=O) groups is 1. The summed E-state index contributed by atoms with van der Waals surface area (Å²) in [5.41, 5.74) is 0. The van der Waals surface area contributed by atoms with Gasteiger partial charge in [0.2, 0.25) is 0 Å². The van der Waals surface area contributed by atoms with Gasteiger partial charge in [-0.25, -0.2) is 4.79 Å².